The van der Waals surface area contributed by atoms with Crippen LogP contribution in [0.3, 0.4) is 0 Å². The van der Waals surface area contributed by atoms with Crippen LogP contribution in [0.4, 0.5) is 0 Å². The second-order valence-electron chi connectivity index (χ2n) is 3.05. The van der Waals surface area contributed by atoms with E-state index in [-0.39, 0.29) is 0 Å². The molecule has 0 saturated heterocycles. The van der Waals surface area contributed by atoms with E-state index in [1.54, 1.807) is 7.11 Å². The minimum Gasteiger partial charge on any atom is -0.494 e. The third kappa shape index (κ3) is 1.08. The maximum Gasteiger partial charge on any atom is 0.146 e. The number of benzene rings is 1. The van der Waals surface area contributed by atoms with Gasteiger partial charge in [0.1, 0.15) is 17.1 Å². The molecule has 0 saturated carbocycles. The summed E-state index contributed by atoms with van der Waals surface area (Å²) in [6, 6.07) is 5.94. The summed E-state index contributed by atoms with van der Waals surface area (Å²) in [6.45, 7) is 1.99. The van der Waals surface area contributed by atoms with Crippen molar-refractivity contribution in [3.8, 4) is 5.75 Å². The molecule has 3 nitrogen and oxygen atoms in total. The number of aromatic nitrogens is 2. The molecule has 1 aromatic carbocycles. The van der Waals surface area contributed by atoms with Crippen LogP contribution in [-0.4, -0.2) is 16.7 Å². The van der Waals surface area contributed by atoms with E-state index in [2.05, 4.69) is 9.55 Å². The molecule has 13 heavy (non-hydrogen) atoms. The van der Waals surface area contributed by atoms with Crippen LogP contribution in [-0.2, 0) is 7.05 Å². The number of nitrogens with zero attached hydrogens (tertiary/aromatic N) is 2. The number of fused-ring (bicyclic) bond motifs is 1. The Morgan fingerprint density at radius 3 is 2.85 bits per heavy atom. The van der Waals surface area contributed by atoms with Gasteiger partial charge in [0.25, 0.3) is 0 Å². The van der Waals surface area contributed by atoms with Crippen molar-refractivity contribution in [1.82, 2.24) is 9.55 Å². The number of para-hydroxylation sites is 1. The van der Waals surface area contributed by atoms with E-state index < -0.39 is 0 Å². The third-order valence-electron chi connectivity index (χ3n) is 2.32. The highest BCUT2D eigenvalue weighted by molar-refractivity contribution is 5.82. The molecule has 2 aromatic rings. The van der Waals surface area contributed by atoms with Crippen LogP contribution in [0.2, 0.25) is 0 Å². The summed E-state index contributed by atoms with van der Waals surface area (Å²) in [4.78, 5) is 4.42. The molecule has 0 radical (unpaired) electrons. The Bertz CT molecular complexity index is 445. The molecule has 0 aliphatic rings. The van der Waals surface area contributed by atoms with Gasteiger partial charge in [0.15, 0.2) is 0 Å². The van der Waals surface area contributed by atoms with Gasteiger partial charge in [-0.2, -0.15) is 0 Å². The standard InChI is InChI=1S/C10H12N2O/c1-7-11-10-8(12(7)2)5-4-6-9(10)13-3/h4-6H,1-3H3. The highest BCUT2D eigenvalue weighted by Gasteiger charge is 2.07. The zero-order valence-corrected chi connectivity index (χ0v) is 8.03. The molecule has 1 aromatic heterocycles. The summed E-state index contributed by atoms with van der Waals surface area (Å²) in [5.41, 5.74) is 2.04. The van der Waals surface area contributed by atoms with Crippen LogP contribution in [0.1, 0.15) is 5.82 Å². The van der Waals surface area contributed by atoms with E-state index in [1.807, 2.05) is 32.2 Å². The molecular weight excluding hydrogens is 164 g/mol. The molecule has 1 heterocycles. The Labute approximate surface area is 77.0 Å². The molecular formula is C10H12N2O. The zero-order valence-electron chi connectivity index (χ0n) is 8.03. The van der Waals surface area contributed by atoms with Crippen molar-refractivity contribution in [2.75, 3.05) is 7.11 Å². The Morgan fingerprint density at radius 1 is 1.38 bits per heavy atom. The summed E-state index contributed by atoms with van der Waals surface area (Å²) in [5, 5.41) is 0. The van der Waals surface area contributed by atoms with E-state index >= 15 is 0 Å². The molecule has 0 amide bonds. The van der Waals surface area contributed by atoms with Crippen molar-refractivity contribution in [2.45, 2.75) is 6.92 Å². The summed E-state index contributed by atoms with van der Waals surface area (Å²) in [5.74, 6) is 1.83. The normalized spacial score (nSPS) is 10.7. The Kier molecular flexibility index (Phi) is 1.72. The molecule has 3 heteroatoms. The first-order valence-corrected chi connectivity index (χ1v) is 4.20. The molecule has 0 N–H and O–H groups in total. The van der Waals surface area contributed by atoms with E-state index in [0.29, 0.717) is 0 Å². The zero-order chi connectivity index (χ0) is 9.42. The van der Waals surface area contributed by atoms with Crippen molar-refractivity contribution >= 4 is 11.0 Å². The molecule has 0 aliphatic heterocycles. The first-order chi connectivity index (χ1) is 6.24. The van der Waals surface area contributed by atoms with Gasteiger partial charge in [-0.25, -0.2) is 4.98 Å². The fourth-order valence-electron chi connectivity index (χ4n) is 1.47. The van der Waals surface area contributed by atoms with Crippen LogP contribution < -0.4 is 4.74 Å². The lowest BCUT2D eigenvalue weighted by Gasteiger charge is -1.99. The van der Waals surface area contributed by atoms with Gasteiger partial charge >= 0.3 is 0 Å². The number of aryl methyl sites for hydroxylation is 2. The Balaban J connectivity index is 2.84. The fraction of sp³-hybridized carbons (Fsp3) is 0.300. The van der Waals surface area contributed by atoms with Crippen molar-refractivity contribution in [2.24, 2.45) is 7.05 Å². The van der Waals surface area contributed by atoms with Crippen molar-refractivity contribution < 1.29 is 4.74 Å². The highest BCUT2D eigenvalue weighted by Crippen LogP contribution is 2.24. The number of rotatable bonds is 1. The van der Waals surface area contributed by atoms with E-state index in [4.69, 9.17) is 4.74 Å². The number of imidazole rings is 1. The van der Waals surface area contributed by atoms with Gasteiger partial charge in [0.05, 0.1) is 12.6 Å². The van der Waals surface area contributed by atoms with Gasteiger partial charge < -0.3 is 9.30 Å². The van der Waals surface area contributed by atoms with E-state index in [0.717, 1.165) is 22.6 Å². The number of ether oxygens (including phenoxy) is 1. The Morgan fingerprint density at radius 2 is 2.15 bits per heavy atom. The second-order valence-corrected chi connectivity index (χ2v) is 3.05. The minimum absolute atomic E-state index is 0.834. The summed E-state index contributed by atoms with van der Waals surface area (Å²) in [7, 11) is 3.67. The lowest BCUT2D eigenvalue weighted by Crippen LogP contribution is -1.89. The quantitative estimate of drug-likeness (QED) is 0.663. The predicted octanol–water partition coefficient (Wildman–Crippen LogP) is 1.89. The SMILES string of the molecule is COc1cccc2c1nc(C)n2C. The maximum absolute atomic E-state index is 5.22. The molecule has 0 atom stereocenters. The lowest BCUT2D eigenvalue weighted by molar-refractivity contribution is 0.419. The molecule has 2 rings (SSSR count). The summed E-state index contributed by atoms with van der Waals surface area (Å²) >= 11 is 0. The first-order valence-electron chi connectivity index (χ1n) is 4.20. The molecule has 68 valence electrons. The monoisotopic (exact) mass is 176 g/mol. The topological polar surface area (TPSA) is 27.1 Å². The van der Waals surface area contributed by atoms with Crippen molar-refractivity contribution in [3.63, 3.8) is 0 Å². The fourth-order valence-corrected chi connectivity index (χ4v) is 1.47. The third-order valence-corrected chi connectivity index (χ3v) is 2.32. The van der Waals surface area contributed by atoms with Gasteiger partial charge in [-0.05, 0) is 19.1 Å². The van der Waals surface area contributed by atoms with E-state index in [1.165, 1.54) is 0 Å². The smallest absolute Gasteiger partial charge is 0.146 e. The van der Waals surface area contributed by atoms with Gasteiger partial charge in [-0.15, -0.1) is 0 Å². The number of methoxy groups -OCH3 is 1. The summed E-state index contributed by atoms with van der Waals surface area (Å²) < 4.78 is 7.27. The second kappa shape index (κ2) is 2.76. The van der Waals surface area contributed by atoms with Crippen molar-refractivity contribution in [1.29, 1.82) is 0 Å². The van der Waals surface area contributed by atoms with Crippen LogP contribution in [0.15, 0.2) is 18.2 Å². The van der Waals surface area contributed by atoms with Crippen LogP contribution in [0.5, 0.6) is 5.75 Å². The number of hydrogen-bond acceptors (Lipinski definition) is 2. The number of hydrogen-bond donors (Lipinski definition) is 0. The van der Waals surface area contributed by atoms with Gasteiger partial charge in [0, 0.05) is 7.05 Å². The average Bonchev–Trinajstić information content (AvgIpc) is 2.43. The largest absolute Gasteiger partial charge is 0.494 e. The van der Waals surface area contributed by atoms with Gasteiger partial charge in [-0.3, -0.25) is 0 Å². The first kappa shape index (κ1) is 8.10. The summed E-state index contributed by atoms with van der Waals surface area (Å²) in [6.07, 6.45) is 0. The molecule has 0 unspecified atom stereocenters. The van der Waals surface area contributed by atoms with E-state index in [9.17, 15) is 0 Å². The van der Waals surface area contributed by atoms with Crippen LogP contribution in [0.25, 0.3) is 11.0 Å². The van der Waals surface area contributed by atoms with Crippen molar-refractivity contribution in [3.05, 3.63) is 24.0 Å². The van der Waals surface area contributed by atoms with Crippen LogP contribution in [0, 0.1) is 6.92 Å². The Hall–Kier alpha value is -1.51. The highest BCUT2D eigenvalue weighted by atomic mass is 16.5. The predicted molar refractivity (Wildman–Crippen MR) is 52.0 cm³/mol. The maximum atomic E-state index is 5.22. The minimum atomic E-state index is 0.834. The molecule has 0 spiro atoms. The average molecular weight is 176 g/mol. The molecule has 0 aliphatic carbocycles. The molecule has 0 bridgehead atoms. The lowest BCUT2D eigenvalue weighted by atomic mass is 10.3. The van der Waals surface area contributed by atoms with Gasteiger partial charge in [-0.1, -0.05) is 6.07 Å². The van der Waals surface area contributed by atoms with Crippen LogP contribution >= 0.6 is 0 Å². The van der Waals surface area contributed by atoms with Gasteiger partial charge in [0.2, 0.25) is 0 Å². The molecule has 0 fully saturated rings.